The van der Waals surface area contributed by atoms with Crippen molar-refractivity contribution in [1.82, 2.24) is 19.6 Å². The second kappa shape index (κ2) is 4.88. The summed E-state index contributed by atoms with van der Waals surface area (Å²) in [5, 5.41) is 9.18. The molecule has 0 aliphatic rings. The van der Waals surface area contributed by atoms with Crippen LogP contribution in [0.2, 0.25) is 0 Å². The van der Waals surface area contributed by atoms with E-state index in [4.69, 9.17) is 4.42 Å². The van der Waals surface area contributed by atoms with E-state index in [1.54, 1.807) is 29.1 Å². The lowest BCUT2D eigenvalue weighted by Crippen LogP contribution is -2.12. The van der Waals surface area contributed by atoms with Crippen LogP contribution in [0.1, 0.15) is 10.5 Å². The number of fused-ring (bicyclic) bond motifs is 1. The predicted molar refractivity (Wildman–Crippen MR) is 79.4 cm³/mol. The smallest absolute Gasteiger partial charge is 0.277 e. The Balaban J connectivity index is 1.67. The van der Waals surface area contributed by atoms with Crippen LogP contribution in [0.15, 0.2) is 59.6 Å². The van der Waals surface area contributed by atoms with Gasteiger partial charge in [-0.3, -0.25) is 9.89 Å². The van der Waals surface area contributed by atoms with E-state index in [9.17, 15) is 4.79 Å². The number of nitrogens with one attached hydrogen (secondary N) is 2. The maximum Gasteiger partial charge on any atom is 0.277 e. The minimum Gasteiger partial charge on any atom is -0.464 e. The summed E-state index contributed by atoms with van der Waals surface area (Å²) in [5.41, 5.74) is 1.91. The number of amides is 1. The fourth-order valence-corrected chi connectivity index (χ4v) is 2.20. The zero-order valence-corrected chi connectivity index (χ0v) is 11.4. The zero-order valence-electron chi connectivity index (χ0n) is 11.4. The largest absolute Gasteiger partial charge is 0.464 e. The van der Waals surface area contributed by atoms with Crippen LogP contribution in [0.3, 0.4) is 0 Å². The first-order valence-corrected chi connectivity index (χ1v) is 6.63. The lowest BCUT2D eigenvalue weighted by Gasteiger charge is -1.97. The van der Waals surface area contributed by atoms with Gasteiger partial charge < -0.3 is 14.1 Å². The molecule has 0 saturated heterocycles. The molecule has 0 unspecified atom stereocenters. The Morgan fingerprint density at radius 1 is 1.23 bits per heavy atom. The maximum absolute atomic E-state index is 12.1. The van der Waals surface area contributed by atoms with Gasteiger partial charge in [0, 0.05) is 30.2 Å². The second-order valence-corrected chi connectivity index (χ2v) is 4.70. The summed E-state index contributed by atoms with van der Waals surface area (Å²) in [7, 11) is 0. The van der Waals surface area contributed by atoms with Gasteiger partial charge in [-0.25, -0.2) is 4.98 Å². The van der Waals surface area contributed by atoms with Gasteiger partial charge in [-0.2, -0.15) is 5.10 Å². The van der Waals surface area contributed by atoms with Crippen LogP contribution in [0.25, 0.3) is 17.0 Å². The number of hydrogen-bond donors (Lipinski definition) is 2. The number of carbonyl (C=O) groups is 1. The third-order valence-corrected chi connectivity index (χ3v) is 3.23. The summed E-state index contributed by atoms with van der Waals surface area (Å²) in [6, 6.07) is 9.11. The number of pyridine rings is 1. The fourth-order valence-electron chi connectivity index (χ4n) is 2.20. The number of rotatable bonds is 3. The third-order valence-electron chi connectivity index (χ3n) is 3.23. The summed E-state index contributed by atoms with van der Waals surface area (Å²) in [5.74, 6) is 0.909. The van der Waals surface area contributed by atoms with Gasteiger partial charge in [-0.1, -0.05) is 0 Å². The predicted octanol–water partition coefficient (Wildman–Crippen LogP) is 2.57. The van der Waals surface area contributed by atoms with Crippen LogP contribution in [0, 0.1) is 0 Å². The minimum absolute atomic E-state index is 0.310. The molecule has 0 aliphatic carbocycles. The van der Waals surface area contributed by atoms with E-state index in [-0.39, 0.29) is 5.91 Å². The molecule has 4 heterocycles. The van der Waals surface area contributed by atoms with Gasteiger partial charge in [0.2, 0.25) is 0 Å². The van der Waals surface area contributed by atoms with Crippen molar-refractivity contribution >= 4 is 17.4 Å². The molecule has 0 spiro atoms. The molecule has 4 aromatic rings. The van der Waals surface area contributed by atoms with Gasteiger partial charge in [0.05, 0.1) is 6.26 Å². The van der Waals surface area contributed by atoms with Crippen molar-refractivity contribution in [3.8, 4) is 11.3 Å². The van der Waals surface area contributed by atoms with Crippen molar-refractivity contribution in [1.29, 1.82) is 0 Å². The van der Waals surface area contributed by atoms with Crippen LogP contribution in [0.4, 0.5) is 5.82 Å². The Bertz CT molecular complexity index is 922. The average Bonchev–Trinajstić information content (AvgIpc) is 3.27. The van der Waals surface area contributed by atoms with Crippen molar-refractivity contribution < 1.29 is 9.21 Å². The van der Waals surface area contributed by atoms with Crippen molar-refractivity contribution in [2.45, 2.75) is 0 Å². The number of anilines is 1. The van der Waals surface area contributed by atoms with Gasteiger partial charge in [-0.05, 0) is 24.3 Å². The Hall–Kier alpha value is -3.35. The maximum atomic E-state index is 12.1. The SMILES string of the molecule is O=C(Nc1cc[nH]n1)c1cn2cc(-c3ccco3)ccc2n1. The lowest BCUT2D eigenvalue weighted by molar-refractivity contribution is 0.102. The highest BCUT2D eigenvalue weighted by Gasteiger charge is 2.12. The van der Waals surface area contributed by atoms with Crippen LogP contribution in [-0.4, -0.2) is 25.5 Å². The second-order valence-electron chi connectivity index (χ2n) is 4.70. The Morgan fingerprint density at radius 2 is 2.18 bits per heavy atom. The first-order chi connectivity index (χ1) is 10.8. The molecule has 0 bridgehead atoms. The van der Waals surface area contributed by atoms with E-state index in [0.29, 0.717) is 17.2 Å². The van der Waals surface area contributed by atoms with E-state index in [1.807, 2.05) is 30.5 Å². The van der Waals surface area contributed by atoms with E-state index in [1.165, 1.54) is 0 Å². The molecule has 4 rings (SSSR count). The molecule has 0 fully saturated rings. The number of H-pyrrole nitrogens is 1. The summed E-state index contributed by atoms with van der Waals surface area (Å²) >= 11 is 0. The Morgan fingerprint density at radius 3 is 2.95 bits per heavy atom. The molecule has 0 radical (unpaired) electrons. The molecule has 7 nitrogen and oxygen atoms in total. The van der Waals surface area contributed by atoms with Gasteiger partial charge in [0.25, 0.3) is 5.91 Å². The first-order valence-electron chi connectivity index (χ1n) is 6.63. The molecule has 4 aromatic heterocycles. The van der Waals surface area contributed by atoms with E-state index < -0.39 is 0 Å². The Kier molecular flexibility index (Phi) is 2.75. The number of hydrogen-bond acceptors (Lipinski definition) is 4. The molecule has 0 aromatic carbocycles. The van der Waals surface area contributed by atoms with Gasteiger partial charge in [-0.15, -0.1) is 0 Å². The number of carbonyl (C=O) groups excluding carboxylic acids is 1. The van der Waals surface area contributed by atoms with Gasteiger partial charge >= 0.3 is 0 Å². The van der Waals surface area contributed by atoms with Crippen molar-refractivity contribution in [3.63, 3.8) is 0 Å². The van der Waals surface area contributed by atoms with Crippen molar-refractivity contribution in [3.05, 3.63) is 60.9 Å². The molecule has 2 N–H and O–H groups in total. The highest BCUT2D eigenvalue weighted by atomic mass is 16.3. The van der Waals surface area contributed by atoms with Crippen molar-refractivity contribution in [2.24, 2.45) is 0 Å². The molecule has 108 valence electrons. The lowest BCUT2D eigenvalue weighted by atomic mass is 10.2. The normalized spacial score (nSPS) is 10.9. The monoisotopic (exact) mass is 293 g/mol. The highest BCUT2D eigenvalue weighted by Crippen LogP contribution is 2.20. The molecule has 22 heavy (non-hydrogen) atoms. The topological polar surface area (TPSA) is 88.2 Å². The molecular formula is C15H11N5O2. The summed E-state index contributed by atoms with van der Waals surface area (Å²) in [6.45, 7) is 0. The van der Waals surface area contributed by atoms with Gasteiger partial charge in [0.15, 0.2) is 5.82 Å². The Labute approximate surface area is 124 Å². The third kappa shape index (κ3) is 2.14. The van der Waals surface area contributed by atoms with Crippen LogP contribution in [0.5, 0.6) is 0 Å². The number of imidazole rings is 1. The summed E-state index contributed by atoms with van der Waals surface area (Å²) < 4.78 is 7.16. The quantitative estimate of drug-likeness (QED) is 0.607. The van der Waals surface area contributed by atoms with Crippen LogP contribution in [-0.2, 0) is 0 Å². The average molecular weight is 293 g/mol. The molecule has 0 aliphatic heterocycles. The number of furan rings is 1. The summed E-state index contributed by atoms with van der Waals surface area (Å²) in [4.78, 5) is 16.4. The standard InChI is InChI=1S/C15H11N5O2/c21-15(18-13-5-6-16-19-13)11-9-20-8-10(3-4-14(20)17-11)12-2-1-7-22-12/h1-9H,(H2,16,18,19,21). The van der Waals surface area contributed by atoms with E-state index >= 15 is 0 Å². The van der Waals surface area contributed by atoms with Crippen LogP contribution >= 0.6 is 0 Å². The van der Waals surface area contributed by atoms with E-state index in [2.05, 4.69) is 20.5 Å². The van der Waals surface area contributed by atoms with E-state index in [0.717, 1.165) is 11.3 Å². The molecule has 1 amide bonds. The number of nitrogens with zero attached hydrogens (tertiary/aromatic N) is 3. The van der Waals surface area contributed by atoms with Crippen molar-refractivity contribution in [2.75, 3.05) is 5.32 Å². The summed E-state index contributed by atoms with van der Waals surface area (Å²) in [6.07, 6.45) is 6.79. The number of aromatic nitrogens is 4. The molecule has 7 heteroatoms. The first kappa shape index (κ1) is 12.4. The molecule has 0 atom stereocenters. The molecular weight excluding hydrogens is 282 g/mol. The molecule has 0 saturated carbocycles. The van der Waals surface area contributed by atoms with Crippen LogP contribution < -0.4 is 5.32 Å². The number of aromatic amines is 1. The zero-order chi connectivity index (χ0) is 14.9. The highest BCUT2D eigenvalue weighted by molar-refractivity contribution is 6.02. The fraction of sp³-hybridized carbons (Fsp3) is 0. The minimum atomic E-state index is -0.310. The van der Waals surface area contributed by atoms with Gasteiger partial charge in [0.1, 0.15) is 17.1 Å².